The van der Waals surface area contributed by atoms with Crippen molar-refractivity contribution in [1.29, 1.82) is 0 Å². The van der Waals surface area contributed by atoms with Crippen molar-refractivity contribution < 1.29 is 4.79 Å². The lowest BCUT2D eigenvalue weighted by atomic mass is 10.1. The van der Waals surface area contributed by atoms with Crippen LogP contribution in [0.25, 0.3) is 0 Å². The Balaban J connectivity index is 2.14. The number of anilines is 1. The predicted octanol–water partition coefficient (Wildman–Crippen LogP) is 1.92. The number of nitrogens with two attached hydrogens (primary N) is 1. The fourth-order valence-corrected chi connectivity index (χ4v) is 1.67. The van der Waals surface area contributed by atoms with E-state index in [1.807, 2.05) is 19.1 Å². The van der Waals surface area contributed by atoms with Crippen LogP contribution in [0, 0.1) is 12.8 Å². The molecule has 3 nitrogen and oxygen atoms in total. The van der Waals surface area contributed by atoms with Gasteiger partial charge in [0.15, 0.2) is 0 Å². The quantitative estimate of drug-likeness (QED) is 0.787. The molecule has 1 amide bonds. The van der Waals surface area contributed by atoms with E-state index >= 15 is 0 Å². The molecule has 0 heterocycles. The zero-order valence-electron chi connectivity index (χ0n) is 8.92. The molecule has 1 aliphatic rings. The summed E-state index contributed by atoms with van der Waals surface area (Å²) in [4.78, 5) is 11.1. The summed E-state index contributed by atoms with van der Waals surface area (Å²) in [6, 6.07) is 5.62. The van der Waals surface area contributed by atoms with Gasteiger partial charge in [0.2, 0.25) is 5.91 Å². The summed E-state index contributed by atoms with van der Waals surface area (Å²) in [5.41, 5.74) is 7.87. The number of hydrogen-bond acceptors (Lipinski definition) is 2. The molecular formula is C12H16N2O. The Morgan fingerprint density at radius 3 is 2.87 bits per heavy atom. The minimum absolute atomic E-state index is 0.359. The molecule has 15 heavy (non-hydrogen) atoms. The van der Waals surface area contributed by atoms with E-state index < -0.39 is 0 Å². The summed E-state index contributed by atoms with van der Waals surface area (Å²) in [6.07, 6.45) is 2.64. The predicted molar refractivity (Wildman–Crippen MR) is 60.9 cm³/mol. The van der Waals surface area contributed by atoms with Gasteiger partial charge < -0.3 is 11.1 Å². The normalized spacial score (nSPS) is 15.0. The average molecular weight is 204 g/mol. The Bertz CT molecular complexity index is 383. The second-order valence-electron chi connectivity index (χ2n) is 4.17. The maximum absolute atomic E-state index is 11.1. The van der Waals surface area contributed by atoms with Crippen LogP contribution in [0.2, 0.25) is 0 Å². The molecule has 0 aliphatic heterocycles. The van der Waals surface area contributed by atoms with Crippen molar-refractivity contribution in [2.75, 3.05) is 11.9 Å². The van der Waals surface area contributed by atoms with Gasteiger partial charge in [0, 0.05) is 17.8 Å². The lowest BCUT2D eigenvalue weighted by Crippen LogP contribution is -2.14. The molecule has 0 atom stereocenters. The molecule has 0 saturated heterocycles. The Kier molecular flexibility index (Phi) is 2.62. The van der Waals surface area contributed by atoms with Gasteiger partial charge in [-0.15, -0.1) is 0 Å². The van der Waals surface area contributed by atoms with E-state index in [0.717, 1.165) is 23.7 Å². The summed E-state index contributed by atoms with van der Waals surface area (Å²) < 4.78 is 0. The molecule has 0 bridgehead atoms. The summed E-state index contributed by atoms with van der Waals surface area (Å²) in [5.74, 6) is 0.462. The molecule has 1 saturated carbocycles. The maximum Gasteiger partial charge on any atom is 0.249 e. The largest absolute Gasteiger partial charge is 0.385 e. The molecule has 1 aromatic rings. The molecule has 0 aromatic heterocycles. The fraction of sp³-hybridized carbons (Fsp3) is 0.417. The second-order valence-corrected chi connectivity index (χ2v) is 4.17. The topological polar surface area (TPSA) is 55.1 Å². The van der Waals surface area contributed by atoms with Crippen LogP contribution in [-0.2, 0) is 0 Å². The number of carbonyl (C=O) groups is 1. The number of nitrogens with one attached hydrogen (secondary N) is 1. The van der Waals surface area contributed by atoms with Gasteiger partial charge in [0.05, 0.1) is 0 Å². The third-order valence-corrected chi connectivity index (χ3v) is 2.88. The van der Waals surface area contributed by atoms with Crippen LogP contribution in [0.15, 0.2) is 18.2 Å². The lowest BCUT2D eigenvalue weighted by Gasteiger charge is -2.11. The summed E-state index contributed by atoms with van der Waals surface area (Å²) in [6.45, 7) is 2.93. The van der Waals surface area contributed by atoms with Crippen LogP contribution < -0.4 is 11.1 Å². The number of carbonyl (C=O) groups excluding carboxylic acids is 1. The van der Waals surface area contributed by atoms with E-state index in [1.165, 1.54) is 12.8 Å². The van der Waals surface area contributed by atoms with E-state index in [0.29, 0.717) is 5.56 Å². The zero-order chi connectivity index (χ0) is 10.8. The first-order valence-corrected chi connectivity index (χ1v) is 5.32. The molecule has 1 fully saturated rings. The fourth-order valence-electron chi connectivity index (χ4n) is 1.67. The Morgan fingerprint density at radius 1 is 1.53 bits per heavy atom. The number of hydrogen-bond donors (Lipinski definition) is 2. The minimum Gasteiger partial charge on any atom is -0.385 e. The van der Waals surface area contributed by atoms with Gasteiger partial charge in [-0.05, 0) is 43.4 Å². The van der Waals surface area contributed by atoms with Gasteiger partial charge >= 0.3 is 0 Å². The van der Waals surface area contributed by atoms with Gasteiger partial charge in [-0.2, -0.15) is 0 Å². The number of primary amides is 1. The van der Waals surface area contributed by atoms with Crippen molar-refractivity contribution in [3.8, 4) is 0 Å². The average Bonchev–Trinajstić information content (AvgIpc) is 2.99. The highest BCUT2D eigenvalue weighted by Gasteiger charge is 2.21. The molecule has 1 aliphatic carbocycles. The summed E-state index contributed by atoms with van der Waals surface area (Å²) >= 11 is 0. The van der Waals surface area contributed by atoms with Crippen LogP contribution >= 0.6 is 0 Å². The Labute approximate surface area is 89.7 Å². The van der Waals surface area contributed by atoms with Crippen LogP contribution in [0.5, 0.6) is 0 Å². The highest BCUT2D eigenvalue weighted by atomic mass is 16.1. The van der Waals surface area contributed by atoms with Crippen molar-refractivity contribution in [1.82, 2.24) is 0 Å². The monoisotopic (exact) mass is 204 g/mol. The summed E-state index contributed by atoms with van der Waals surface area (Å²) in [5, 5.41) is 3.36. The van der Waals surface area contributed by atoms with Crippen molar-refractivity contribution >= 4 is 11.6 Å². The first-order valence-electron chi connectivity index (χ1n) is 5.32. The number of benzene rings is 1. The van der Waals surface area contributed by atoms with Crippen molar-refractivity contribution in [2.45, 2.75) is 19.8 Å². The van der Waals surface area contributed by atoms with Gasteiger partial charge in [-0.25, -0.2) is 0 Å². The van der Waals surface area contributed by atoms with E-state index in [9.17, 15) is 4.79 Å². The van der Waals surface area contributed by atoms with E-state index in [1.54, 1.807) is 6.07 Å². The molecule has 3 heteroatoms. The second kappa shape index (κ2) is 3.93. The number of rotatable bonds is 4. The Hall–Kier alpha value is -1.51. The first-order chi connectivity index (χ1) is 7.18. The molecule has 2 rings (SSSR count). The van der Waals surface area contributed by atoms with Gasteiger partial charge in [-0.1, -0.05) is 6.07 Å². The third-order valence-electron chi connectivity index (χ3n) is 2.88. The minimum atomic E-state index is -0.359. The summed E-state index contributed by atoms with van der Waals surface area (Å²) in [7, 11) is 0. The molecule has 0 spiro atoms. The lowest BCUT2D eigenvalue weighted by molar-refractivity contribution is 0.1000. The highest BCUT2D eigenvalue weighted by Crippen LogP contribution is 2.29. The van der Waals surface area contributed by atoms with E-state index in [-0.39, 0.29) is 5.91 Å². The van der Waals surface area contributed by atoms with Crippen LogP contribution in [-0.4, -0.2) is 12.5 Å². The Morgan fingerprint density at radius 2 is 2.27 bits per heavy atom. The van der Waals surface area contributed by atoms with E-state index in [2.05, 4.69) is 5.32 Å². The van der Waals surface area contributed by atoms with Crippen molar-refractivity contribution in [3.05, 3.63) is 29.3 Å². The van der Waals surface area contributed by atoms with Gasteiger partial charge in [0.25, 0.3) is 0 Å². The van der Waals surface area contributed by atoms with Crippen LogP contribution in [0.4, 0.5) is 5.69 Å². The van der Waals surface area contributed by atoms with Gasteiger partial charge in [-0.3, -0.25) is 4.79 Å². The standard InChI is InChI=1S/C12H16N2O/c1-8-10(12(13)15)3-2-4-11(8)14-7-9-5-6-9/h2-4,9,14H,5-7H2,1H3,(H2,13,15). The smallest absolute Gasteiger partial charge is 0.249 e. The third kappa shape index (κ3) is 2.29. The zero-order valence-corrected chi connectivity index (χ0v) is 8.92. The first kappa shape index (κ1) is 10.0. The van der Waals surface area contributed by atoms with E-state index in [4.69, 9.17) is 5.73 Å². The SMILES string of the molecule is Cc1c(NCC2CC2)cccc1C(N)=O. The number of amides is 1. The van der Waals surface area contributed by atoms with Gasteiger partial charge in [0.1, 0.15) is 0 Å². The van der Waals surface area contributed by atoms with Crippen molar-refractivity contribution in [3.63, 3.8) is 0 Å². The molecule has 3 N–H and O–H groups in total. The molecule has 1 aromatic carbocycles. The highest BCUT2D eigenvalue weighted by molar-refractivity contribution is 5.95. The molecular weight excluding hydrogens is 188 g/mol. The van der Waals surface area contributed by atoms with Crippen LogP contribution in [0.1, 0.15) is 28.8 Å². The van der Waals surface area contributed by atoms with Crippen molar-refractivity contribution in [2.24, 2.45) is 11.7 Å². The molecule has 0 unspecified atom stereocenters. The molecule has 80 valence electrons. The molecule has 0 radical (unpaired) electrons. The van der Waals surface area contributed by atoms with Crippen LogP contribution in [0.3, 0.4) is 0 Å². The maximum atomic E-state index is 11.1.